The van der Waals surface area contributed by atoms with Gasteiger partial charge in [-0.15, -0.1) is 0 Å². The minimum absolute atomic E-state index is 0.105. The smallest absolute Gasteiger partial charge is 0.253 e. The van der Waals surface area contributed by atoms with Gasteiger partial charge in [0.05, 0.1) is 4.48 Å². The first-order valence-electron chi connectivity index (χ1n) is 6.50. The molecule has 1 heterocycles. The van der Waals surface area contributed by atoms with Crippen molar-refractivity contribution < 1.29 is 9.90 Å². The lowest BCUT2D eigenvalue weighted by Crippen LogP contribution is -2.45. The number of hydrogen-bond acceptors (Lipinski definition) is 2. The highest BCUT2D eigenvalue weighted by Gasteiger charge is 2.49. The van der Waals surface area contributed by atoms with Gasteiger partial charge in [0.25, 0.3) is 5.91 Å². The monoisotopic (exact) mass is 323 g/mol. The number of carbonyl (C=O) groups excluding carboxylic acids is 1. The Morgan fingerprint density at radius 3 is 2.53 bits per heavy atom. The summed E-state index contributed by atoms with van der Waals surface area (Å²) in [7, 11) is 0. The summed E-state index contributed by atoms with van der Waals surface area (Å²) in [4.78, 5) is 13.8. The molecular formula is C15H18BrNO2. The van der Waals surface area contributed by atoms with Crippen molar-refractivity contribution in [2.75, 3.05) is 6.54 Å². The molecule has 0 saturated heterocycles. The van der Waals surface area contributed by atoms with Crippen molar-refractivity contribution in [2.45, 2.75) is 32.4 Å². The Labute approximate surface area is 122 Å². The number of halogens is 1. The molecule has 1 N–H and O–H groups in total. The average molecular weight is 324 g/mol. The molecule has 4 heteroatoms. The van der Waals surface area contributed by atoms with Crippen molar-refractivity contribution in [3.63, 3.8) is 0 Å². The lowest BCUT2D eigenvalue weighted by Gasteiger charge is -2.35. The van der Waals surface area contributed by atoms with Crippen molar-refractivity contribution in [2.24, 2.45) is 0 Å². The van der Waals surface area contributed by atoms with Crippen LogP contribution in [0.1, 0.15) is 32.3 Å². The third-order valence-corrected chi connectivity index (χ3v) is 4.65. The van der Waals surface area contributed by atoms with Gasteiger partial charge < -0.3 is 10.0 Å². The van der Waals surface area contributed by atoms with Gasteiger partial charge in [0.1, 0.15) is 0 Å². The summed E-state index contributed by atoms with van der Waals surface area (Å²) >= 11 is 3.40. The summed E-state index contributed by atoms with van der Waals surface area (Å²) in [5, 5.41) is 11.1. The highest BCUT2D eigenvalue weighted by atomic mass is 79.9. The third kappa shape index (κ3) is 2.23. The predicted octanol–water partition coefficient (Wildman–Crippen LogP) is 3.14. The molecule has 0 spiro atoms. The zero-order valence-corrected chi connectivity index (χ0v) is 12.8. The molecule has 1 aromatic carbocycles. The fourth-order valence-corrected chi connectivity index (χ4v) is 2.97. The van der Waals surface area contributed by atoms with Crippen LogP contribution in [-0.2, 0) is 10.5 Å². The zero-order chi connectivity index (χ0) is 14.0. The van der Waals surface area contributed by atoms with E-state index in [1.165, 1.54) is 0 Å². The molecular weight excluding hydrogens is 306 g/mol. The van der Waals surface area contributed by atoms with Gasteiger partial charge in [0, 0.05) is 17.7 Å². The molecule has 102 valence electrons. The minimum Gasteiger partial charge on any atom is -0.363 e. The fraction of sp³-hybridized carbons (Fsp3) is 0.400. The minimum atomic E-state index is -1.36. The summed E-state index contributed by atoms with van der Waals surface area (Å²) < 4.78 is 0.548. The van der Waals surface area contributed by atoms with E-state index in [1.54, 1.807) is 11.8 Å². The molecule has 1 atom stereocenters. The molecule has 0 aromatic heterocycles. The molecule has 19 heavy (non-hydrogen) atoms. The second-order valence-corrected chi connectivity index (χ2v) is 5.58. The number of amides is 1. The molecule has 0 bridgehead atoms. The Morgan fingerprint density at radius 2 is 1.95 bits per heavy atom. The summed E-state index contributed by atoms with van der Waals surface area (Å²) in [6.07, 6.45) is 1.85. The van der Waals surface area contributed by atoms with Gasteiger partial charge in [0.15, 0.2) is 0 Å². The van der Waals surface area contributed by atoms with E-state index < -0.39 is 5.72 Å². The van der Waals surface area contributed by atoms with E-state index in [4.69, 9.17) is 0 Å². The van der Waals surface area contributed by atoms with E-state index in [2.05, 4.69) is 22.9 Å². The van der Waals surface area contributed by atoms with Crippen LogP contribution in [-0.4, -0.2) is 22.5 Å². The van der Waals surface area contributed by atoms with Gasteiger partial charge in [-0.3, -0.25) is 4.79 Å². The first-order valence-corrected chi connectivity index (χ1v) is 7.29. The van der Waals surface area contributed by atoms with Crippen LogP contribution in [0.25, 0.3) is 0 Å². The van der Waals surface area contributed by atoms with Crippen molar-refractivity contribution in [1.29, 1.82) is 0 Å². The van der Waals surface area contributed by atoms with Crippen LogP contribution in [0, 0.1) is 0 Å². The maximum atomic E-state index is 12.3. The number of unbranched alkanes of at least 4 members (excludes halogenated alkanes) is 1. The Morgan fingerprint density at radius 1 is 1.32 bits per heavy atom. The molecule has 2 rings (SSSR count). The number of rotatable bonds is 4. The number of aliphatic hydroxyl groups is 1. The van der Waals surface area contributed by atoms with Crippen LogP contribution < -0.4 is 0 Å². The van der Waals surface area contributed by atoms with Gasteiger partial charge in [-0.25, -0.2) is 0 Å². The van der Waals surface area contributed by atoms with E-state index in [-0.39, 0.29) is 5.91 Å². The fourth-order valence-electron chi connectivity index (χ4n) is 2.36. The molecule has 0 aliphatic carbocycles. The van der Waals surface area contributed by atoms with Gasteiger partial charge in [-0.05, 0) is 29.3 Å². The molecule has 1 unspecified atom stereocenters. The van der Waals surface area contributed by atoms with Gasteiger partial charge in [0.2, 0.25) is 5.72 Å². The first kappa shape index (κ1) is 14.3. The topological polar surface area (TPSA) is 40.5 Å². The highest BCUT2D eigenvalue weighted by molar-refractivity contribution is 9.11. The van der Waals surface area contributed by atoms with Crippen molar-refractivity contribution in [3.8, 4) is 0 Å². The number of nitrogens with zero attached hydrogens (tertiary/aromatic N) is 1. The first-order chi connectivity index (χ1) is 9.03. The van der Waals surface area contributed by atoms with Gasteiger partial charge in [-0.2, -0.15) is 0 Å². The van der Waals surface area contributed by atoms with Crippen LogP contribution in [0.15, 0.2) is 40.4 Å². The van der Waals surface area contributed by atoms with Gasteiger partial charge >= 0.3 is 0 Å². The molecule has 1 aromatic rings. The largest absolute Gasteiger partial charge is 0.363 e. The molecule has 1 aliphatic heterocycles. The van der Waals surface area contributed by atoms with E-state index >= 15 is 0 Å². The van der Waals surface area contributed by atoms with E-state index in [0.717, 1.165) is 12.8 Å². The molecule has 0 fully saturated rings. The molecule has 0 saturated carbocycles. The van der Waals surface area contributed by atoms with Crippen LogP contribution in [0.4, 0.5) is 0 Å². The third-order valence-electron chi connectivity index (χ3n) is 3.50. The summed E-state index contributed by atoms with van der Waals surface area (Å²) in [5.74, 6) is -0.105. The van der Waals surface area contributed by atoms with Crippen molar-refractivity contribution >= 4 is 21.8 Å². The second kappa shape index (κ2) is 5.47. The quantitative estimate of drug-likeness (QED) is 0.924. The Hall–Kier alpha value is -1.13. The summed E-state index contributed by atoms with van der Waals surface area (Å²) in [5.41, 5.74) is -0.0805. The molecule has 1 amide bonds. The van der Waals surface area contributed by atoms with Gasteiger partial charge in [-0.1, -0.05) is 43.7 Å². The zero-order valence-electron chi connectivity index (χ0n) is 11.2. The summed E-state index contributed by atoms with van der Waals surface area (Å²) in [6, 6.07) is 9.30. The summed E-state index contributed by atoms with van der Waals surface area (Å²) in [6.45, 7) is 4.36. The van der Waals surface area contributed by atoms with E-state index in [0.29, 0.717) is 22.2 Å². The number of benzene rings is 1. The lowest BCUT2D eigenvalue weighted by atomic mass is 10.0. The van der Waals surface area contributed by atoms with E-state index in [9.17, 15) is 9.90 Å². The van der Waals surface area contributed by atoms with Crippen molar-refractivity contribution in [3.05, 3.63) is 46.0 Å². The Bertz CT molecular complexity index is 512. The normalized spacial score (nSPS) is 23.4. The van der Waals surface area contributed by atoms with Crippen LogP contribution in [0.3, 0.4) is 0 Å². The van der Waals surface area contributed by atoms with E-state index in [1.807, 2.05) is 30.3 Å². The maximum Gasteiger partial charge on any atom is 0.253 e. The predicted molar refractivity (Wildman–Crippen MR) is 78.6 cm³/mol. The maximum absolute atomic E-state index is 12.3. The van der Waals surface area contributed by atoms with Crippen LogP contribution in [0.5, 0.6) is 0 Å². The van der Waals surface area contributed by atoms with Crippen LogP contribution in [0.2, 0.25) is 0 Å². The molecule has 3 nitrogen and oxygen atoms in total. The standard InChI is InChI=1S/C15H18BrNO2/c1-3-4-10-17-14(18)11(2)13(16)15(17,19)12-8-6-5-7-9-12/h5-9,19H,3-4,10H2,1-2H3. The molecule has 1 aliphatic rings. The Kier molecular flexibility index (Phi) is 4.11. The van der Waals surface area contributed by atoms with Crippen LogP contribution >= 0.6 is 15.9 Å². The Balaban J connectivity index is 2.47. The average Bonchev–Trinajstić information content (AvgIpc) is 2.61. The molecule has 0 radical (unpaired) electrons. The second-order valence-electron chi connectivity index (χ2n) is 4.79. The highest BCUT2D eigenvalue weighted by Crippen LogP contribution is 2.44. The van der Waals surface area contributed by atoms with Crippen molar-refractivity contribution in [1.82, 2.24) is 4.90 Å². The SMILES string of the molecule is CCCCN1C(=O)C(C)=C(Br)C1(O)c1ccccc1. The number of carbonyl (C=O) groups is 1. The number of hydrogen-bond donors (Lipinski definition) is 1. The lowest BCUT2D eigenvalue weighted by molar-refractivity contribution is -0.143.